The summed E-state index contributed by atoms with van der Waals surface area (Å²) in [7, 11) is -1.17. The molecule has 3 aromatic rings. The molecular weight excluding hydrogens is 474 g/mol. The highest BCUT2D eigenvalue weighted by Gasteiger charge is 2.35. The summed E-state index contributed by atoms with van der Waals surface area (Å²) in [6.45, 7) is 8.64. The molecule has 1 fully saturated rings. The second-order valence-electron chi connectivity index (χ2n) is 9.47. The number of ether oxygens (including phenoxy) is 2. The molecule has 0 N–H and O–H groups in total. The molecule has 6 nitrogen and oxygen atoms in total. The SMILES string of the molecule is C[Si](C)(C)CCOCn1c2ncc(Br)cc2c(=O)n1C1CC(OCc2ccccc2)C1. The zero-order chi connectivity index (χ0) is 22.0. The quantitative estimate of drug-likeness (QED) is 0.297. The molecule has 0 spiro atoms. The van der Waals surface area contributed by atoms with Gasteiger partial charge in [-0.1, -0.05) is 50.0 Å². The Morgan fingerprint density at radius 1 is 1.19 bits per heavy atom. The molecule has 2 heterocycles. The van der Waals surface area contributed by atoms with Crippen molar-refractivity contribution in [2.75, 3.05) is 6.61 Å². The fourth-order valence-electron chi connectivity index (χ4n) is 3.81. The van der Waals surface area contributed by atoms with Crippen LogP contribution in [0.3, 0.4) is 0 Å². The molecule has 0 unspecified atom stereocenters. The molecule has 31 heavy (non-hydrogen) atoms. The zero-order valence-corrected chi connectivity index (χ0v) is 21.0. The number of rotatable bonds is 9. The van der Waals surface area contributed by atoms with E-state index in [-0.39, 0.29) is 17.7 Å². The van der Waals surface area contributed by atoms with Crippen molar-refractivity contribution in [1.82, 2.24) is 14.3 Å². The number of hydrogen-bond acceptors (Lipinski definition) is 4. The van der Waals surface area contributed by atoms with Crippen LogP contribution in [0.25, 0.3) is 11.0 Å². The smallest absolute Gasteiger partial charge is 0.276 e. The Hall–Kier alpha value is -1.74. The lowest BCUT2D eigenvalue weighted by Crippen LogP contribution is -2.40. The largest absolute Gasteiger partial charge is 0.373 e. The van der Waals surface area contributed by atoms with E-state index >= 15 is 0 Å². The summed E-state index contributed by atoms with van der Waals surface area (Å²) in [5.74, 6) is 0. The molecule has 0 saturated heterocycles. The minimum atomic E-state index is -1.17. The van der Waals surface area contributed by atoms with Crippen molar-refractivity contribution < 1.29 is 9.47 Å². The number of benzene rings is 1. The van der Waals surface area contributed by atoms with Gasteiger partial charge < -0.3 is 9.47 Å². The number of nitrogens with zero attached hydrogens (tertiary/aromatic N) is 3. The lowest BCUT2D eigenvalue weighted by Gasteiger charge is -2.36. The van der Waals surface area contributed by atoms with Gasteiger partial charge in [0, 0.05) is 25.4 Å². The fourth-order valence-corrected chi connectivity index (χ4v) is 4.90. The second-order valence-corrected chi connectivity index (χ2v) is 16.0. The minimum absolute atomic E-state index is 0.0101. The summed E-state index contributed by atoms with van der Waals surface area (Å²) in [4.78, 5) is 17.7. The first-order chi connectivity index (χ1) is 14.8. The average Bonchev–Trinajstić information content (AvgIpc) is 2.96. The Morgan fingerprint density at radius 2 is 1.94 bits per heavy atom. The highest BCUT2D eigenvalue weighted by Crippen LogP contribution is 2.35. The van der Waals surface area contributed by atoms with E-state index in [4.69, 9.17) is 9.47 Å². The highest BCUT2D eigenvalue weighted by molar-refractivity contribution is 9.10. The van der Waals surface area contributed by atoms with Crippen LogP contribution in [0, 0.1) is 0 Å². The Morgan fingerprint density at radius 3 is 2.65 bits per heavy atom. The summed E-state index contributed by atoms with van der Waals surface area (Å²) in [6, 6.07) is 13.2. The van der Waals surface area contributed by atoms with Crippen LogP contribution >= 0.6 is 15.9 Å². The third kappa shape index (κ3) is 5.37. The first-order valence-corrected chi connectivity index (χ1v) is 15.3. The van der Waals surface area contributed by atoms with Gasteiger partial charge in [0.05, 0.1) is 24.1 Å². The molecule has 0 bridgehead atoms. The molecule has 1 aromatic carbocycles. The third-order valence-electron chi connectivity index (χ3n) is 5.73. The van der Waals surface area contributed by atoms with E-state index in [1.165, 1.54) is 5.56 Å². The number of aromatic nitrogens is 3. The lowest BCUT2D eigenvalue weighted by molar-refractivity contribution is -0.0464. The first kappa shape index (κ1) is 22.5. The monoisotopic (exact) mass is 503 g/mol. The van der Waals surface area contributed by atoms with Gasteiger partial charge in [-0.2, -0.15) is 0 Å². The van der Waals surface area contributed by atoms with Gasteiger partial charge in [0.1, 0.15) is 6.73 Å². The minimum Gasteiger partial charge on any atom is -0.373 e. The van der Waals surface area contributed by atoms with Gasteiger partial charge in [0.25, 0.3) is 5.56 Å². The van der Waals surface area contributed by atoms with Crippen molar-refractivity contribution in [2.24, 2.45) is 0 Å². The number of hydrogen-bond donors (Lipinski definition) is 0. The Bertz CT molecular complexity index is 1090. The van der Waals surface area contributed by atoms with Crippen LogP contribution in [0.4, 0.5) is 0 Å². The normalized spacial score (nSPS) is 19.0. The highest BCUT2D eigenvalue weighted by atomic mass is 79.9. The summed E-state index contributed by atoms with van der Waals surface area (Å²) in [6.07, 6.45) is 3.53. The van der Waals surface area contributed by atoms with E-state index in [2.05, 4.69) is 52.7 Å². The number of pyridine rings is 1. The predicted octanol–water partition coefficient (Wildman–Crippen LogP) is 5.19. The van der Waals surface area contributed by atoms with Gasteiger partial charge >= 0.3 is 0 Å². The van der Waals surface area contributed by atoms with Crippen molar-refractivity contribution in [2.45, 2.75) is 64.0 Å². The van der Waals surface area contributed by atoms with Crippen LogP contribution < -0.4 is 5.56 Å². The molecule has 0 aliphatic heterocycles. The number of fused-ring (bicyclic) bond motifs is 1. The van der Waals surface area contributed by atoms with Crippen molar-refractivity contribution in [3.63, 3.8) is 0 Å². The molecule has 0 amide bonds. The van der Waals surface area contributed by atoms with E-state index in [9.17, 15) is 4.79 Å². The molecule has 1 aliphatic rings. The van der Waals surface area contributed by atoms with Crippen LogP contribution in [0.2, 0.25) is 25.7 Å². The Labute approximate surface area is 192 Å². The van der Waals surface area contributed by atoms with Crippen molar-refractivity contribution in [3.05, 3.63) is 63.0 Å². The predicted molar refractivity (Wildman–Crippen MR) is 129 cm³/mol. The maximum absolute atomic E-state index is 13.2. The standard InChI is InChI=1S/C23H30BrN3O3Si/c1-31(2,3)10-9-29-16-26-22-21(11-18(24)14-25-22)23(28)27(26)19-12-20(13-19)30-15-17-7-5-4-6-8-17/h4-8,11,14,19-20H,9-10,12-13,15-16H2,1-3H3. The van der Waals surface area contributed by atoms with Crippen molar-refractivity contribution >= 4 is 35.0 Å². The fraction of sp³-hybridized carbons (Fsp3) is 0.478. The second kappa shape index (κ2) is 9.40. The van der Waals surface area contributed by atoms with Crippen LogP contribution in [0.5, 0.6) is 0 Å². The van der Waals surface area contributed by atoms with Crippen LogP contribution in [0.1, 0.15) is 24.4 Å². The average molecular weight is 505 g/mol. The van der Waals surface area contributed by atoms with Gasteiger partial charge in [-0.15, -0.1) is 0 Å². The molecule has 2 aromatic heterocycles. The molecule has 0 radical (unpaired) electrons. The molecule has 4 rings (SSSR count). The maximum Gasteiger partial charge on any atom is 0.276 e. The summed E-state index contributed by atoms with van der Waals surface area (Å²) in [5, 5.41) is 0.622. The summed E-state index contributed by atoms with van der Waals surface area (Å²) >= 11 is 3.44. The molecule has 166 valence electrons. The van der Waals surface area contributed by atoms with Gasteiger partial charge in [-0.25, -0.2) is 14.3 Å². The topological polar surface area (TPSA) is 58.3 Å². The molecule has 8 heteroatoms. The number of halogens is 1. The van der Waals surface area contributed by atoms with Gasteiger partial charge in [0.2, 0.25) is 0 Å². The molecular formula is C23H30BrN3O3Si. The van der Waals surface area contributed by atoms with E-state index in [1.807, 2.05) is 33.6 Å². The van der Waals surface area contributed by atoms with E-state index in [0.717, 1.165) is 23.4 Å². The zero-order valence-electron chi connectivity index (χ0n) is 18.4. The Balaban J connectivity index is 1.47. The first-order valence-electron chi connectivity index (χ1n) is 10.8. The van der Waals surface area contributed by atoms with Gasteiger partial charge in [0.15, 0.2) is 5.65 Å². The summed E-state index contributed by atoms with van der Waals surface area (Å²) in [5.41, 5.74) is 1.83. The summed E-state index contributed by atoms with van der Waals surface area (Å²) < 4.78 is 16.6. The maximum atomic E-state index is 13.2. The molecule has 1 aliphatic carbocycles. The van der Waals surface area contributed by atoms with E-state index in [0.29, 0.717) is 31.0 Å². The van der Waals surface area contributed by atoms with Crippen molar-refractivity contribution in [3.8, 4) is 0 Å². The Kier molecular flexibility index (Phi) is 6.81. The van der Waals surface area contributed by atoms with Gasteiger partial charge in [-0.05, 0) is 46.4 Å². The van der Waals surface area contributed by atoms with E-state index < -0.39 is 8.07 Å². The van der Waals surface area contributed by atoms with Crippen LogP contribution in [0.15, 0.2) is 51.9 Å². The van der Waals surface area contributed by atoms with Crippen LogP contribution in [-0.4, -0.2) is 35.1 Å². The van der Waals surface area contributed by atoms with Gasteiger partial charge in [-0.3, -0.25) is 4.79 Å². The molecule has 1 saturated carbocycles. The van der Waals surface area contributed by atoms with E-state index in [1.54, 1.807) is 6.20 Å². The van der Waals surface area contributed by atoms with Crippen LogP contribution in [-0.2, 0) is 22.8 Å². The lowest BCUT2D eigenvalue weighted by atomic mass is 9.89. The van der Waals surface area contributed by atoms with Crippen molar-refractivity contribution in [1.29, 1.82) is 0 Å². The molecule has 0 atom stereocenters. The third-order valence-corrected chi connectivity index (χ3v) is 7.87.